The SMILES string of the molecule is C/C=C/CC/C=C/CC/C=C/C(O)C(COC1OC(CO)C(O)C(O)C1O)NC(=O)CCCCCCCCCCCCC/C=C\CCCCCCCCCCCCCC. The van der Waals surface area contributed by atoms with E-state index in [0.717, 1.165) is 44.9 Å². The highest BCUT2D eigenvalue weighted by molar-refractivity contribution is 5.76. The van der Waals surface area contributed by atoms with Crippen LogP contribution < -0.4 is 5.32 Å². The van der Waals surface area contributed by atoms with Gasteiger partial charge in [-0.15, -0.1) is 0 Å². The summed E-state index contributed by atoms with van der Waals surface area (Å²) in [7, 11) is 0. The average Bonchev–Trinajstić information content (AvgIpc) is 3.23. The van der Waals surface area contributed by atoms with E-state index in [0.29, 0.717) is 6.42 Å². The van der Waals surface area contributed by atoms with Gasteiger partial charge in [0.25, 0.3) is 0 Å². The normalized spacial score (nSPS) is 21.1. The third kappa shape index (κ3) is 30.8. The number of hydrogen-bond donors (Lipinski definition) is 6. The number of nitrogens with one attached hydrogen (secondary N) is 1. The lowest BCUT2D eigenvalue weighted by molar-refractivity contribution is -0.302. The van der Waals surface area contributed by atoms with Crippen molar-refractivity contribution in [3.05, 3.63) is 48.6 Å². The van der Waals surface area contributed by atoms with Gasteiger partial charge in [0, 0.05) is 6.42 Å². The largest absolute Gasteiger partial charge is 0.394 e. The topological polar surface area (TPSA) is 149 Å². The highest BCUT2D eigenvalue weighted by Crippen LogP contribution is 2.23. The minimum Gasteiger partial charge on any atom is -0.394 e. The molecule has 9 nitrogen and oxygen atoms in total. The molecule has 0 aliphatic carbocycles. The van der Waals surface area contributed by atoms with E-state index in [-0.39, 0.29) is 12.5 Å². The molecule has 0 spiro atoms. The fourth-order valence-corrected chi connectivity index (χ4v) is 7.54. The number of aliphatic hydroxyl groups is 5. The molecule has 1 fully saturated rings. The minimum atomic E-state index is -1.57. The molecule has 6 N–H and O–H groups in total. The number of carbonyl (C=O) groups excluding carboxylic acids is 1. The summed E-state index contributed by atoms with van der Waals surface area (Å²) >= 11 is 0. The van der Waals surface area contributed by atoms with Crippen LogP contribution in [0.25, 0.3) is 0 Å². The van der Waals surface area contributed by atoms with E-state index < -0.39 is 49.5 Å². The van der Waals surface area contributed by atoms with Crippen molar-refractivity contribution in [3.8, 4) is 0 Å². The van der Waals surface area contributed by atoms with Crippen LogP contribution in [-0.2, 0) is 14.3 Å². The van der Waals surface area contributed by atoms with Crippen molar-refractivity contribution in [3.63, 3.8) is 0 Å². The lowest BCUT2D eigenvalue weighted by atomic mass is 9.99. The van der Waals surface area contributed by atoms with Gasteiger partial charge in [0.05, 0.1) is 25.4 Å². The molecule has 1 aliphatic rings. The molecule has 0 aromatic rings. The van der Waals surface area contributed by atoms with Crippen LogP contribution in [0, 0.1) is 0 Å². The van der Waals surface area contributed by atoms with Gasteiger partial charge in [-0.25, -0.2) is 0 Å². The lowest BCUT2D eigenvalue weighted by Gasteiger charge is -2.40. The van der Waals surface area contributed by atoms with E-state index in [1.807, 2.05) is 19.1 Å². The van der Waals surface area contributed by atoms with E-state index in [2.05, 4.69) is 42.6 Å². The third-order valence-corrected chi connectivity index (χ3v) is 11.4. The zero-order valence-electron chi connectivity index (χ0n) is 37.7. The van der Waals surface area contributed by atoms with Gasteiger partial charge in [-0.2, -0.15) is 0 Å². The van der Waals surface area contributed by atoms with Crippen LogP contribution in [0.4, 0.5) is 0 Å². The molecule has 59 heavy (non-hydrogen) atoms. The number of hydrogen-bond acceptors (Lipinski definition) is 8. The smallest absolute Gasteiger partial charge is 0.220 e. The Hall–Kier alpha value is -1.85. The summed E-state index contributed by atoms with van der Waals surface area (Å²) in [5.74, 6) is -0.195. The summed E-state index contributed by atoms with van der Waals surface area (Å²) in [6.07, 6.45) is 44.9. The lowest BCUT2D eigenvalue weighted by Crippen LogP contribution is -2.60. The van der Waals surface area contributed by atoms with Crippen LogP contribution in [0.1, 0.15) is 206 Å². The summed E-state index contributed by atoms with van der Waals surface area (Å²) in [6, 6.07) is -0.826. The molecular formula is C50H91NO8. The first kappa shape index (κ1) is 55.2. The van der Waals surface area contributed by atoms with Gasteiger partial charge in [0.1, 0.15) is 24.4 Å². The van der Waals surface area contributed by atoms with E-state index in [1.165, 1.54) is 141 Å². The van der Waals surface area contributed by atoms with Gasteiger partial charge >= 0.3 is 0 Å². The number of rotatable bonds is 40. The van der Waals surface area contributed by atoms with E-state index in [4.69, 9.17) is 9.47 Å². The molecule has 7 unspecified atom stereocenters. The molecular weight excluding hydrogens is 743 g/mol. The highest BCUT2D eigenvalue weighted by atomic mass is 16.7. The van der Waals surface area contributed by atoms with Crippen LogP contribution in [0.15, 0.2) is 48.6 Å². The van der Waals surface area contributed by atoms with Crippen molar-refractivity contribution in [1.29, 1.82) is 0 Å². The first-order valence-corrected chi connectivity index (χ1v) is 24.3. The van der Waals surface area contributed by atoms with Gasteiger partial charge in [0.2, 0.25) is 5.91 Å². The summed E-state index contributed by atoms with van der Waals surface area (Å²) in [5.41, 5.74) is 0. The summed E-state index contributed by atoms with van der Waals surface area (Å²) < 4.78 is 11.2. The number of unbranched alkanes of at least 4 members (excludes halogenated alkanes) is 25. The van der Waals surface area contributed by atoms with Crippen LogP contribution in [-0.4, -0.2) is 87.5 Å². The number of carbonyl (C=O) groups is 1. The predicted octanol–water partition coefficient (Wildman–Crippen LogP) is 10.6. The maximum Gasteiger partial charge on any atom is 0.220 e. The number of allylic oxidation sites excluding steroid dienone is 7. The van der Waals surface area contributed by atoms with Crippen LogP contribution in [0.5, 0.6) is 0 Å². The quantitative estimate of drug-likeness (QED) is 0.0264. The van der Waals surface area contributed by atoms with E-state index in [1.54, 1.807) is 6.08 Å². The molecule has 0 aromatic carbocycles. The van der Waals surface area contributed by atoms with Crippen molar-refractivity contribution >= 4 is 5.91 Å². The Morgan fingerprint density at radius 2 is 1.03 bits per heavy atom. The monoisotopic (exact) mass is 834 g/mol. The van der Waals surface area contributed by atoms with Crippen molar-refractivity contribution < 1.29 is 39.8 Å². The Labute approximate surface area is 361 Å². The Morgan fingerprint density at radius 1 is 0.593 bits per heavy atom. The average molecular weight is 834 g/mol. The van der Waals surface area contributed by atoms with Crippen molar-refractivity contribution in [2.75, 3.05) is 13.2 Å². The molecule has 0 bridgehead atoms. The Bertz CT molecular complexity index is 1060. The first-order valence-electron chi connectivity index (χ1n) is 24.3. The van der Waals surface area contributed by atoms with Gasteiger partial charge in [-0.05, 0) is 64.7 Å². The molecule has 7 atom stereocenters. The molecule has 1 heterocycles. The molecule has 0 saturated carbocycles. The second-order valence-corrected chi connectivity index (χ2v) is 16.9. The number of aliphatic hydroxyl groups excluding tert-OH is 5. The first-order chi connectivity index (χ1) is 28.8. The van der Waals surface area contributed by atoms with Gasteiger partial charge in [-0.3, -0.25) is 4.79 Å². The molecule has 344 valence electrons. The molecule has 0 radical (unpaired) electrons. The highest BCUT2D eigenvalue weighted by Gasteiger charge is 2.44. The summed E-state index contributed by atoms with van der Waals surface area (Å²) in [5, 5.41) is 54.0. The number of ether oxygens (including phenoxy) is 2. The fourth-order valence-electron chi connectivity index (χ4n) is 7.54. The second-order valence-electron chi connectivity index (χ2n) is 16.9. The van der Waals surface area contributed by atoms with Crippen LogP contribution in [0.3, 0.4) is 0 Å². The second kappa shape index (κ2) is 40.2. The van der Waals surface area contributed by atoms with Crippen molar-refractivity contribution in [2.45, 2.75) is 249 Å². The minimum absolute atomic E-state index is 0.195. The maximum absolute atomic E-state index is 12.9. The molecule has 1 saturated heterocycles. The van der Waals surface area contributed by atoms with Crippen molar-refractivity contribution in [2.24, 2.45) is 0 Å². The molecule has 9 heteroatoms. The Kier molecular flexibility index (Phi) is 37.6. The molecule has 0 aromatic heterocycles. The van der Waals surface area contributed by atoms with E-state index >= 15 is 0 Å². The third-order valence-electron chi connectivity index (χ3n) is 11.4. The van der Waals surface area contributed by atoms with Gasteiger partial charge in [-0.1, -0.05) is 184 Å². The van der Waals surface area contributed by atoms with E-state index in [9.17, 15) is 30.3 Å². The zero-order valence-corrected chi connectivity index (χ0v) is 37.7. The zero-order chi connectivity index (χ0) is 43.0. The maximum atomic E-state index is 12.9. The standard InChI is InChI=1S/C50H91NO8/c1-3-5-7-9-11-13-14-15-16-17-18-19-20-21-22-23-24-25-26-27-28-29-30-32-34-36-38-40-46(54)51-43(44(53)39-37-35-33-31-12-10-8-6-4-2)42-58-50-49(57)48(56)47(55)45(41-52)59-50/h4,6,12,21-22,31,37,39,43-45,47-50,52-53,55-57H,3,5,7-11,13-20,23-30,32-36,38,40-42H2,1-2H3,(H,51,54)/b6-4+,22-21-,31-12+,39-37+. The van der Waals surface area contributed by atoms with Crippen LogP contribution in [0.2, 0.25) is 0 Å². The molecule has 1 amide bonds. The fraction of sp³-hybridized carbons (Fsp3) is 0.820. The molecule has 1 rings (SSSR count). The van der Waals surface area contributed by atoms with Gasteiger partial charge < -0.3 is 40.3 Å². The summed E-state index contributed by atoms with van der Waals surface area (Å²) in [6.45, 7) is 3.52. The summed E-state index contributed by atoms with van der Waals surface area (Å²) in [4.78, 5) is 12.9. The number of amides is 1. The molecule has 1 aliphatic heterocycles. The predicted molar refractivity (Wildman–Crippen MR) is 244 cm³/mol. The Balaban J connectivity index is 2.18. The Morgan fingerprint density at radius 3 is 1.53 bits per heavy atom. The van der Waals surface area contributed by atoms with Crippen LogP contribution >= 0.6 is 0 Å². The van der Waals surface area contributed by atoms with Gasteiger partial charge in [0.15, 0.2) is 6.29 Å². The van der Waals surface area contributed by atoms with Crippen molar-refractivity contribution in [1.82, 2.24) is 5.32 Å².